The van der Waals surface area contributed by atoms with Crippen LogP contribution < -0.4 is 0 Å². The average molecular weight is 413 g/mol. The Hall–Kier alpha value is -3.14. The Balaban J connectivity index is 1.83. The monoisotopic (exact) mass is 412 g/mol. The van der Waals surface area contributed by atoms with Crippen molar-refractivity contribution in [1.29, 1.82) is 0 Å². The highest BCUT2D eigenvalue weighted by Gasteiger charge is 2.22. The van der Waals surface area contributed by atoms with Gasteiger partial charge in [0.15, 0.2) is 0 Å². The van der Waals surface area contributed by atoms with E-state index < -0.39 is 0 Å². The van der Waals surface area contributed by atoms with Gasteiger partial charge >= 0.3 is 0 Å². The Bertz CT molecular complexity index is 1340. The molecule has 4 heteroatoms. The van der Waals surface area contributed by atoms with Crippen LogP contribution in [0.25, 0.3) is 27.5 Å². The number of halogens is 1. The van der Waals surface area contributed by atoms with Gasteiger partial charge in [-0.3, -0.25) is 0 Å². The topological polar surface area (TPSA) is 26.5 Å². The van der Waals surface area contributed by atoms with E-state index in [1.165, 1.54) is 5.56 Å². The van der Waals surface area contributed by atoms with E-state index in [4.69, 9.17) is 21.4 Å². The number of nitrogens with zero attached hydrogens (tertiary/aromatic N) is 2. The van der Waals surface area contributed by atoms with Crippen molar-refractivity contribution in [2.24, 2.45) is 0 Å². The second kappa shape index (κ2) is 7.60. The molecule has 0 fully saturated rings. The van der Waals surface area contributed by atoms with Gasteiger partial charge in [0.05, 0.1) is 17.4 Å². The summed E-state index contributed by atoms with van der Waals surface area (Å²) in [5, 5.41) is 7.66. The number of benzene rings is 3. The van der Waals surface area contributed by atoms with E-state index in [0.717, 1.165) is 38.7 Å². The number of rotatable bonds is 4. The predicted molar refractivity (Wildman–Crippen MR) is 123 cm³/mol. The minimum atomic E-state index is -0.226. The van der Waals surface area contributed by atoms with E-state index in [-0.39, 0.29) is 6.10 Å². The molecular weight excluding hydrogens is 392 g/mol. The maximum atomic E-state index is 6.38. The second-order valence-electron chi connectivity index (χ2n) is 7.51. The molecule has 0 bridgehead atoms. The molecular formula is C26H21ClN2O. The Morgan fingerprint density at radius 2 is 1.70 bits per heavy atom. The van der Waals surface area contributed by atoms with Crippen LogP contribution >= 0.6 is 11.6 Å². The molecule has 5 aromatic rings. The quantitative estimate of drug-likeness (QED) is 0.322. The Kier molecular flexibility index (Phi) is 4.78. The fourth-order valence-corrected chi connectivity index (χ4v) is 4.24. The van der Waals surface area contributed by atoms with Crippen molar-refractivity contribution in [3.8, 4) is 11.3 Å². The molecule has 0 aliphatic heterocycles. The number of pyridine rings is 1. The molecule has 0 N–H and O–H groups in total. The first-order valence-corrected chi connectivity index (χ1v) is 10.3. The molecule has 0 saturated carbocycles. The van der Waals surface area contributed by atoms with Gasteiger partial charge in [0.1, 0.15) is 6.10 Å². The van der Waals surface area contributed by atoms with Crippen molar-refractivity contribution in [3.63, 3.8) is 0 Å². The number of fused-ring (bicyclic) bond motifs is 3. The lowest BCUT2D eigenvalue weighted by molar-refractivity contribution is 0.137. The van der Waals surface area contributed by atoms with Gasteiger partial charge in [0.2, 0.25) is 0 Å². The summed E-state index contributed by atoms with van der Waals surface area (Å²) in [4.78, 5) is 0. The molecule has 0 aliphatic carbocycles. The van der Waals surface area contributed by atoms with Crippen molar-refractivity contribution in [3.05, 3.63) is 107 Å². The third-order valence-corrected chi connectivity index (χ3v) is 5.79. The van der Waals surface area contributed by atoms with Crippen LogP contribution in [0.15, 0.2) is 85.1 Å². The minimum Gasteiger partial charge on any atom is -0.372 e. The van der Waals surface area contributed by atoms with Gasteiger partial charge in [0, 0.05) is 28.6 Å². The molecule has 0 radical (unpaired) electrons. The summed E-state index contributed by atoms with van der Waals surface area (Å²) in [6.07, 6.45) is 1.69. The smallest absolute Gasteiger partial charge is 0.111 e. The molecule has 5 rings (SSSR count). The van der Waals surface area contributed by atoms with Crippen LogP contribution in [0.4, 0.5) is 0 Å². The van der Waals surface area contributed by atoms with Gasteiger partial charge in [-0.1, -0.05) is 77.8 Å². The van der Waals surface area contributed by atoms with Crippen molar-refractivity contribution < 1.29 is 4.74 Å². The molecule has 148 valence electrons. The summed E-state index contributed by atoms with van der Waals surface area (Å²) in [6.45, 7) is 2.09. The summed E-state index contributed by atoms with van der Waals surface area (Å²) in [5.74, 6) is 0. The largest absolute Gasteiger partial charge is 0.372 e. The molecule has 0 saturated heterocycles. The normalized spacial score (nSPS) is 12.5. The van der Waals surface area contributed by atoms with Crippen molar-refractivity contribution >= 4 is 27.9 Å². The number of aryl methyl sites for hydroxylation is 1. The summed E-state index contributed by atoms with van der Waals surface area (Å²) in [5.41, 5.74) is 6.49. The van der Waals surface area contributed by atoms with Crippen LogP contribution in [0.1, 0.15) is 22.8 Å². The zero-order chi connectivity index (χ0) is 20.7. The second-order valence-corrected chi connectivity index (χ2v) is 7.95. The molecule has 0 spiro atoms. The van der Waals surface area contributed by atoms with E-state index >= 15 is 0 Å². The molecule has 0 amide bonds. The lowest BCUT2D eigenvalue weighted by atomic mass is 9.98. The van der Waals surface area contributed by atoms with E-state index in [9.17, 15) is 0 Å². The van der Waals surface area contributed by atoms with E-state index in [1.54, 1.807) is 7.11 Å². The summed E-state index contributed by atoms with van der Waals surface area (Å²) >= 11 is 6.38. The first-order chi connectivity index (χ1) is 14.7. The summed E-state index contributed by atoms with van der Waals surface area (Å²) in [7, 11) is 1.74. The first kappa shape index (κ1) is 18.9. The van der Waals surface area contributed by atoms with E-state index in [0.29, 0.717) is 5.02 Å². The van der Waals surface area contributed by atoms with E-state index in [2.05, 4.69) is 55.5 Å². The van der Waals surface area contributed by atoms with Gasteiger partial charge in [-0.05, 0) is 36.1 Å². The minimum absolute atomic E-state index is 0.226. The molecule has 1 unspecified atom stereocenters. The summed E-state index contributed by atoms with van der Waals surface area (Å²) in [6, 6.07) is 26.9. The lowest BCUT2D eigenvalue weighted by Crippen LogP contribution is -2.04. The van der Waals surface area contributed by atoms with Crippen LogP contribution in [-0.2, 0) is 4.74 Å². The van der Waals surface area contributed by atoms with E-state index in [1.807, 2.05) is 41.0 Å². The highest BCUT2D eigenvalue weighted by molar-refractivity contribution is 6.31. The first-order valence-electron chi connectivity index (χ1n) is 9.90. The van der Waals surface area contributed by atoms with Crippen LogP contribution in [0.2, 0.25) is 5.02 Å². The van der Waals surface area contributed by atoms with Gasteiger partial charge in [-0.25, -0.2) is 4.52 Å². The third kappa shape index (κ3) is 3.17. The van der Waals surface area contributed by atoms with Gasteiger partial charge in [-0.2, -0.15) is 5.10 Å². The Morgan fingerprint density at radius 3 is 2.43 bits per heavy atom. The molecule has 2 heterocycles. The maximum Gasteiger partial charge on any atom is 0.111 e. The van der Waals surface area contributed by atoms with Crippen molar-refractivity contribution in [2.45, 2.75) is 13.0 Å². The maximum absolute atomic E-state index is 6.38. The number of hydrogen-bond donors (Lipinski definition) is 0. The molecule has 3 nitrogen and oxygen atoms in total. The van der Waals surface area contributed by atoms with Crippen molar-refractivity contribution in [2.75, 3.05) is 7.11 Å². The molecule has 0 aliphatic rings. The Morgan fingerprint density at radius 1 is 0.933 bits per heavy atom. The highest BCUT2D eigenvalue weighted by Crippen LogP contribution is 2.36. The molecule has 30 heavy (non-hydrogen) atoms. The molecule has 2 aromatic heterocycles. The molecule has 1 atom stereocenters. The average Bonchev–Trinajstić information content (AvgIpc) is 3.21. The SMILES string of the molecule is COC(c1ccc(C)cc1)c1cnn2c(-c3ccccc3)cc3ccc(Cl)cc3c12. The van der Waals surface area contributed by atoms with Gasteiger partial charge in [0.25, 0.3) is 0 Å². The number of methoxy groups -OCH3 is 1. The van der Waals surface area contributed by atoms with Crippen LogP contribution in [0.3, 0.4) is 0 Å². The van der Waals surface area contributed by atoms with Gasteiger partial charge in [-0.15, -0.1) is 0 Å². The number of hydrogen-bond acceptors (Lipinski definition) is 2. The van der Waals surface area contributed by atoms with Crippen molar-refractivity contribution in [1.82, 2.24) is 9.61 Å². The Labute approximate surface area is 180 Å². The van der Waals surface area contributed by atoms with Crippen LogP contribution in [-0.4, -0.2) is 16.7 Å². The predicted octanol–water partition coefficient (Wildman–Crippen LogP) is 6.85. The fraction of sp³-hybridized carbons (Fsp3) is 0.115. The van der Waals surface area contributed by atoms with Crippen LogP contribution in [0, 0.1) is 6.92 Å². The zero-order valence-corrected chi connectivity index (χ0v) is 17.6. The highest BCUT2D eigenvalue weighted by atomic mass is 35.5. The third-order valence-electron chi connectivity index (χ3n) is 5.56. The van der Waals surface area contributed by atoms with Gasteiger partial charge < -0.3 is 4.74 Å². The number of ether oxygens (including phenoxy) is 1. The number of aromatic nitrogens is 2. The fourth-order valence-electron chi connectivity index (χ4n) is 4.07. The van der Waals surface area contributed by atoms with Crippen LogP contribution in [0.5, 0.6) is 0 Å². The lowest BCUT2D eigenvalue weighted by Gasteiger charge is -2.17. The zero-order valence-electron chi connectivity index (χ0n) is 16.8. The summed E-state index contributed by atoms with van der Waals surface area (Å²) < 4.78 is 7.97. The molecule has 3 aromatic carbocycles. The standard InChI is InChI=1S/C26H21ClN2O/c1-17-8-10-19(11-9-17)26(30-2)23-16-28-29-24(18-6-4-3-5-7-18)14-20-12-13-21(27)15-22(20)25(23)29/h3-16,26H,1-2H3.